The van der Waals surface area contributed by atoms with E-state index in [1.54, 1.807) is 16.8 Å². The Hall–Kier alpha value is -2.71. The number of hydrogen-bond donors (Lipinski definition) is 0. The van der Waals surface area contributed by atoms with Crippen LogP contribution in [0.25, 0.3) is 0 Å². The number of rotatable bonds is 6. The van der Waals surface area contributed by atoms with Crippen LogP contribution >= 0.6 is 0 Å². The lowest BCUT2D eigenvalue weighted by Crippen LogP contribution is -2.52. The van der Waals surface area contributed by atoms with E-state index in [4.69, 9.17) is 0 Å². The third-order valence-electron chi connectivity index (χ3n) is 7.04. The van der Waals surface area contributed by atoms with Crippen molar-refractivity contribution in [3.05, 3.63) is 77.1 Å². The fraction of sp³-hybridized carbons (Fsp3) is 0.480. The molecule has 1 saturated heterocycles. The van der Waals surface area contributed by atoms with Crippen molar-refractivity contribution in [3.8, 4) is 0 Å². The van der Waals surface area contributed by atoms with E-state index in [2.05, 4.69) is 25.3 Å². The quantitative estimate of drug-likeness (QED) is 0.565. The van der Waals surface area contributed by atoms with Crippen LogP contribution in [0.5, 0.6) is 0 Å². The van der Waals surface area contributed by atoms with Gasteiger partial charge in [-0.1, -0.05) is 43.5 Å². The van der Waals surface area contributed by atoms with Crippen molar-refractivity contribution in [2.75, 3.05) is 26.2 Å². The second-order valence-electron chi connectivity index (χ2n) is 9.14. The molecule has 2 aliphatic rings. The van der Waals surface area contributed by atoms with Crippen molar-refractivity contribution in [2.24, 2.45) is 0 Å². The van der Waals surface area contributed by atoms with Crippen LogP contribution in [-0.4, -0.2) is 62.2 Å². The Morgan fingerprint density at radius 1 is 0.818 bits per heavy atom. The molecule has 3 aromatic rings. The SMILES string of the molecule is Fc1ccc(Cn2nnnc2[C@@H](c2ccc(F)cc2)N2CCN(C3CCCCC3)CC2)cc1. The monoisotopic (exact) mass is 452 g/mol. The molecule has 1 atom stereocenters. The Morgan fingerprint density at radius 2 is 1.45 bits per heavy atom. The predicted octanol–water partition coefficient (Wildman–Crippen LogP) is 4.04. The van der Waals surface area contributed by atoms with Crippen LogP contribution in [0.15, 0.2) is 48.5 Å². The second kappa shape index (κ2) is 10.1. The van der Waals surface area contributed by atoms with E-state index < -0.39 is 0 Å². The molecule has 1 aliphatic heterocycles. The number of nitrogens with zero attached hydrogens (tertiary/aromatic N) is 6. The molecule has 1 aromatic heterocycles. The summed E-state index contributed by atoms with van der Waals surface area (Å²) in [4.78, 5) is 5.04. The van der Waals surface area contributed by atoms with Gasteiger partial charge in [0, 0.05) is 32.2 Å². The first-order chi connectivity index (χ1) is 16.2. The van der Waals surface area contributed by atoms with E-state index in [-0.39, 0.29) is 17.7 Å². The topological polar surface area (TPSA) is 50.1 Å². The summed E-state index contributed by atoms with van der Waals surface area (Å²) in [6.45, 7) is 4.29. The largest absolute Gasteiger partial charge is 0.298 e. The van der Waals surface area contributed by atoms with Gasteiger partial charge in [0.05, 0.1) is 12.6 Å². The number of halogens is 2. The van der Waals surface area contributed by atoms with E-state index >= 15 is 0 Å². The molecule has 1 saturated carbocycles. The van der Waals surface area contributed by atoms with Gasteiger partial charge in [0.25, 0.3) is 0 Å². The first kappa shape index (κ1) is 22.1. The normalized spacial score (nSPS) is 19.6. The van der Waals surface area contributed by atoms with Gasteiger partial charge in [-0.25, -0.2) is 13.5 Å². The smallest absolute Gasteiger partial charge is 0.173 e. The summed E-state index contributed by atoms with van der Waals surface area (Å²) in [6, 6.07) is 13.6. The molecular weight excluding hydrogens is 422 g/mol. The van der Waals surface area contributed by atoms with Crippen LogP contribution in [0.1, 0.15) is 55.1 Å². The summed E-state index contributed by atoms with van der Waals surface area (Å²) < 4.78 is 28.8. The van der Waals surface area contributed by atoms with Gasteiger partial charge in [0.2, 0.25) is 0 Å². The fourth-order valence-electron chi connectivity index (χ4n) is 5.26. The number of aromatic nitrogens is 4. The third-order valence-corrected chi connectivity index (χ3v) is 7.04. The summed E-state index contributed by atoms with van der Waals surface area (Å²) >= 11 is 0. The lowest BCUT2D eigenvalue weighted by molar-refractivity contribution is 0.0620. The van der Waals surface area contributed by atoms with Crippen molar-refractivity contribution < 1.29 is 8.78 Å². The molecular formula is C25H30F2N6. The van der Waals surface area contributed by atoms with E-state index in [0.717, 1.165) is 43.1 Å². The molecule has 0 radical (unpaired) electrons. The van der Waals surface area contributed by atoms with Gasteiger partial charge in [0.1, 0.15) is 11.6 Å². The van der Waals surface area contributed by atoms with Gasteiger partial charge in [-0.2, -0.15) is 0 Å². The maximum absolute atomic E-state index is 13.7. The zero-order chi connectivity index (χ0) is 22.6. The minimum atomic E-state index is -0.268. The lowest BCUT2D eigenvalue weighted by Gasteiger charge is -2.43. The number of benzene rings is 2. The first-order valence-corrected chi connectivity index (χ1v) is 11.9. The minimum Gasteiger partial charge on any atom is -0.298 e. The lowest BCUT2D eigenvalue weighted by atomic mass is 9.93. The summed E-state index contributed by atoms with van der Waals surface area (Å²) in [5.41, 5.74) is 1.89. The molecule has 0 bridgehead atoms. The van der Waals surface area contributed by atoms with Crippen molar-refractivity contribution in [1.82, 2.24) is 30.0 Å². The Kier molecular flexibility index (Phi) is 6.73. The van der Waals surface area contributed by atoms with Crippen molar-refractivity contribution >= 4 is 0 Å². The van der Waals surface area contributed by atoms with Crippen molar-refractivity contribution in [1.29, 1.82) is 0 Å². The standard InChI is InChI=1S/C25H30F2N6/c26-21-10-6-19(7-11-21)18-33-25(28-29-30-33)24(20-8-12-22(27)13-9-20)32-16-14-31(15-17-32)23-4-2-1-3-5-23/h6-13,23-24H,1-5,14-18H2/t24-/m1/s1. The van der Waals surface area contributed by atoms with E-state index in [0.29, 0.717) is 12.6 Å². The maximum Gasteiger partial charge on any atom is 0.173 e. The minimum absolute atomic E-state index is 0.172. The van der Waals surface area contributed by atoms with Crippen LogP contribution in [0, 0.1) is 11.6 Å². The highest BCUT2D eigenvalue weighted by Crippen LogP contribution is 2.30. The molecule has 0 unspecified atom stereocenters. The molecule has 2 fully saturated rings. The summed E-state index contributed by atoms with van der Waals surface area (Å²) in [5.74, 6) is 0.193. The van der Waals surface area contributed by atoms with E-state index in [1.807, 2.05) is 12.1 Å². The van der Waals surface area contributed by atoms with Gasteiger partial charge in [-0.3, -0.25) is 9.80 Å². The summed E-state index contributed by atoms with van der Waals surface area (Å²) in [7, 11) is 0. The van der Waals surface area contributed by atoms with Crippen LogP contribution in [0.3, 0.4) is 0 Å². The van der Waals surface area contributed by atoms with E-state index in [1.165, 1.54) is 56.4 Å². The van der Waals surface area contributed by atoms with Gasteiger partial charge < -0.3 is 0 Å². The Bertz CT molecular complexity index is 1020. The van der Waals surface area contributed by atoms with Gasteiger partial charge >= 0.3 is 0 Å². The molecule has 33 heavy (non-hydrogen) atoms. The molecule has 2 heterocycles. The first-order valence-electron chi connectivity index (χ1n) is 11.9. The van der Waals surface area contributed by atoms with Crippen LogP contribution in [0.2, 0.25) is 0 Å². The molecule has 2 aromatic carbocycles. The maximum atomic E-state index is 13.7. The Balaban J connectivity index is 1.39. The van der Waals surface area contributed by atoms with Crippen molar-refractivity contribution in [2.45, 2.75) is 50.7 Å². The molecule has 5 rings (SSSR count). The zero-order valence-corrected chi connectivity index (χ0v) is 18.8. The Labute approximate surface area is 193 Å². The molecule has 6 nitrogen and oxygen atoms in total. The molecule has 0 N–H and O–H groups in total. The molecule has 1 aliphatic carbocycles. The molecule has 174 valence electrons. The molecule has 0 amide bonds. The molecule has 0 spiro atoms. The fourth-order valence-corrected chi connectivity index (χ4v) is 5.26. The molecule has 8 heteroatoms. The third kappa shape index (κ3) is 5.12. The average Bonchev–Trinajstić information content (AvgIpc) is 3.30. The van der Waals surface area contributed by atoms with Gasteiger partial charge in [-0.05, 0) is 58.7 Å². The summed E-state index contributed by atoms with van der Waals surface area (Å²) in [6.07, 6.45) is 6.64. The van der Waals surface area contributed by atoms with Gasteiger partial charge in [0.15, 0.2) is 5.82 Å². The predicted molar refractivity (Wildman–Crippen MR) is 122 cm³/mol. The van der Waals surface area contributed by atoms with Crippen LogP contribution in [0.4, 0.5) is 8.78 Å². The highest BCUT2D eigenvalue weighted by molar-refractivity contribution is 5.26. The number of piperazine rings is 1. The highest BCUT2D eigenvalue weighted by atomic mass is 19.1. The van der Waals surface area contributed by atoms with Crippen LogP contribution < -0.4 is 0 Å². The zero-order valence-electron chi connectivity index (χ0n) is 18.8. The van der Waals surface area contributed by atoms with Gasteiger partial charge in [-0.15, -0.1) is 5.10 Å². The number of hydrogen-bond acceptors (Lipinski definition) is 5. The van der Waals surface area contributed by atoms with Crippen molar-refractivity contribution in [3.63, 3.8) is 0 Å². The number of tetrazole rings is 1. The summed E-state index contributed by atoms with van der Waals surface area (Å²) in [5, 5.41) is 12.6. The highest BCUT2D eigenvalue weighted by Gasteiger charge is 2.32. The van der Waals surface area contributed by atoms with E-state index in [9.17, 15) is 8.78 Å². The average molecular weight is 453 g/mol. The van der Waals surface area contributed by atoms with Crippen LogP contribution in [-0.2, 0) is 6.54 Å². The Morgan fingerprint density at radius 3 is 2.12 bits per heavy atom. The second-order valence-corrected chi connectivity index (χ2v) is 9.14.